The third kappa shape index (κ3) is 4.07. The SMILES string of the molecule is CC1(C)OB(c2cccnc2Oc2ccc([SH](F)(F)(F)F)cc2)OC1(C)C. The monoisotopic (exact) mass is 405 g/mol. The Hall–Kier alpha value is -1.78. The van der Waals surface area contributed by atoms with Gasteiger partial charge >= 0.3 is 7.12 Å². The summed E-state index contributed by atoms with van der Waals surface area (Å²) in [6, 6.07) is 6.81. The maximum atomic E-state index is 12.8. The first-order valence-corrected chi connectivity index (χ1v) is 10.0. The summed E-state index contributed by atoms with van der Waals surface area (Å²) >= 11 is 0. The van der Waals surface area contributed by atoms with Crippen LogP contribution in [0.4, 0.5) is 15.5 Å². The van der Waals surface area contributed by atoms with Gasteiger partial charge in [0.2, 0.25) is 5.88 Å². The van der Waals surface area contributed by atoms with Gasteiger partial charge in [-0.2, -0.15) is 0 Å². The molecule has 1 aromatic heterocycles. The average molecular weight is 405 g/mol. The van der Waals surface area contributed by atoms with E-state index in [4.69, 9.17) is 14.0 Å². The van der Waals surface area contributed by atoms with Crippen LogP contribution in [0.3, 0.4) is 0 Å². The third-order valence-electron chi connectivity index (χ3n) is 4.75. The molecule has 148 valence electrons. The lowest BCUT2D eigenvalue weighted by atomic mass is 9.80. The highest BCUT2D eigenvalue weighted by atomic mass is 32.4. The lowest BCUT2D eigenvalue weighted by molar-refractivity contribution is 0.00578. The van der Waals surface area contributed by atoms with Crippen molar-refractivity contribution in [1.29, 1.82) is 0 Å². The molecule has 0 spiro atoms. The Labute approximate surface area is 156 Å². The van der Waals surface area contributed by atoms with Crippen LogP contribution in [-0.4, -0.2) is 23.3 Å². The molecule has 0 N–H and O–H groups in total. The van der Waals surface area contributed by atoms with Crippen LogP contribution in [0.2, 0.25) is 0 Å². The molecule has 0 atom stereocenters. The zero-order chi connectivity index (χ0) is 20.1. The van der Waals surface area contributed by atoms with Crippen LogP contribution < -0.4 is 10.2 Å². The fourth-order valence-corrected chi connectivity index (χ4v) is 3.09. The summed E-state index contributed by atoms with van der Waals surface area (Å²) in [5.74, 6) is 0.234. The van der Waals surface area contributed by atoms with Gasteiger partial charge < -0.3 is 14.0 Å². The van der Waals surface area contributed by atoms with E-state index in [1.165, 1.54) is 6.20 Å². The molecule has 1 aromatic carbocycles. The summed E-state index contributed by atoms with van der Waals surface area (Å²) in [7, 11) is -8.53. The molecule has 1 aliphatic rings. The van der Waals surface area contributed by atoms with Crippen molar-refractivity contribution >= 4 is 23.3 Å². The van der Waals surface area contributed by atoms with Gasteiger partial charge in [-0.1, -0.05) is 6.07 Å². The molecule has 0 aliphatic carbocycles. The summed E-state index contributed by atoms with van der Waals surface area (Å²) in [6.07, 6.45) is 1.48. The van der Waals surface area contributed by atoms with Crippen molar-refractivity contribution in [2.45, 2.75) is 43.8 Å². The van der Waals surface area contributed by atoms with Crippen LogP contribution in [0.5, 0.6) is 11.6 Å². The van der Waals surface area contributed by atoms with Gasteiger partial charge in [0.15, 0.2) is 10.7 Å². The lowest BCUT2D eigenvalue weighted by Gasteiger charge is -2.32. The van der Waals surface area contributed by atoms with E-state index in [2.05, 4.69) is 4.98 Å². The lowest BCUT2D eigenvalue weighted by Crippen LogP contribution is -2.41. The summed E-state index contributed by atoms with van der Waals surface area (Å²) in [5.41, 5.74) is -0.635. The standard InChI is InChI=1S/C17H20BF4NO3S/c1-16(2)17(3,4)26-18(25-16)14-6-5-11-23-15(14)24-12-7-9-13(10-8-12)27(19,20,21)22/h5-11,27H,1-4H3. The molecule has 0 radical (unpaired) electrons. The predicted molar refractivity (Wildman–Crippen MR) is 98.2 cm³/mol. The Kier molecular flexibility index (Phi) is 4.52. The zero-order valence-corrected chi connectivity index (χ0v) is 16.1. The van der Waals surface area contributed by atoms with Crippen LogP contribution in [0.1, 0.15) is 27.7 Å². The van der Waals surface area contributed by atoms with Gasteiger partial charge in [0.25, 0.3) is 0 Å². The normalized spacial score (nSPS) is 20.1. The van der Waals surface area contributed by atoms with E-state index in [-0.39, 0.29) is 11.6 Å². The van der Waals surface area contributed by atoms with Crippen molar-refractivity contribution in [3.8, 4) is 11.6 Å². The van der Waals surface area contributed by atoms with E-state index >= 15 is 0 Å². The predicted octanol–water partition coefficient (Wildman–Crippen LogP) is 5.14. The highest BCUT2D eigenvalue weighted by molar-refractivity contribution is 8.33. The second-order valence-corrected chi connectivity index (χ2v) is 9.26. The molecule has 0 saturated carbocycles. The number of hydrogen-bond donors (Lipinski definition) is 1. The number of pyridine rings is 1. The number of thiol groups is 1. The first-order chi connectivity index (χ1) is 12.3. The Morgan fingerprint density at radius 1 is 0.926 bits per heavy atom. The number of hydrogen-bond acceptors (Lipinski definition) is 4. The molecule has 2 aromatic rings. The molecule has 27 heavy (non-hydrogen) atoms. The second kappa shape index (κ2) is 6.12. The molecule has 1 aliphatic heterocycles. The van der Waals surface area contributed by atoms with Crippen molar-refractivity contribution in [3.05, 3.63) is 42.6 Å². The first kappa shape index (κ1) is 20.0. The van der Waals surface area contributed by atoms with Gasteiger partial charge in [0.05, 0.1) is 16.1 Å². The highest BCUT2D eigenvalue weighted by Gasteiger charge is 2.52. The number of rotatable bonds is 4. The van der Waals surface area contributed by atoms with Gasteiger partial charge in [-0.15, -0.1) is 15.5 Å². The molecule has 1 saturated heterocycles. The Morgan fingerprint density at radius 2 is 1.48 bits per heavy atom. The number of ether oxygens (including phenoxy) is 1. The van der Waals surface area contributed by atoms with Crippen molar-refractivity contribution in [2.24, 2.45) is 0 Å². The van der Waals surface area contributed by atoms with Gasteiger partial charge in [0, 0.05) is 11.7 Å². The van der Waals surface area contributed by atoms with E-state index in [9.17, 15) is 15.5 Å². The quantitative estimate of drug-likeness (QED) is 0.434. The van der Waals surface area contributed by atoms with E-state index < -0.39 is 33.9 Å². The minimum absolute atomic E-state index is 0.0932. The van der Waals surface area contributed by atoms with Gasteiger partial charge in [-0.3, -0.25) is 0 Å². The summed E-state index contributed by atoms with van der Waals surface area (Å²) in [5, 5.41) is 0. The number of nitrogens with zero attached hydrogens (tertiary/aromatic N) is 1. The average Bonchev–Trinajstić information content (AvgIpc) is 2.75. The molecule has 4 nitrogen and oxygen atoms in total. The minimum Gasteiger partial charge on any atom is -0.439 e. The number of benzene rings is 1. The zero-order valence-electron chi connectivity index (χ0n) is 15.2. The van der Waals surface area contributed by atoms with Crippen LogP contribution in [0.15, 0.2) is 47.5 Å². The second-order valence-electron chi connectivity index (χ2n) is 7.30. The van der Waals surface area contributed by atoms with Gasteiger partial charge in [-0.25, -0.2) is 4.98 Å². The smallest absolute Gasteiger partial charge is 0.439 e. The van der Waals surface area contributed by atoms with E-state index in [0.717, 1.165) is 12.1 Å². The topological polar surface area (TPSA) is 40.6 Å². The van der Waals surface area contributed by atoms with Crippen LogP contribution in [-0.2, 0) is 9.31 Å². The Morgan fingerprint density at radius 3 is 2.00 bits per heavy atom. The molecule has 0 bridgehead atoms. The molecule has 3 rings (SSSR count). The van der Waals surface area contributed by atoms with Crippen molar-refractivity contribution < 1.29 is 29.6 Å². The van der Waals surface area contributed by atoms with Crippen LogP contribution in [0.25, 0.3) is 0 Å². The summed E-state index contributed by atoms with van der Waals surface area (Å²) in [6.45, 7) is 7.60. The fourth-order valence-electron chi connectivity index (χ4n) is 2.49. The molecule has 2 heterocycles. The van der Waals surface area contributed by atoms with Crippen molar-refractivity contribution in [3.63, 3.8) is 0 Å². The van der Waals surface area contributed by atoms with Gasteiger partial charge in [0.1, 0.15) is 5.75 Å². The first-order valence-electron chi connectivity index (χ1n) is 8.23. The van der Waals surface area contributed by atoms with Crippen molar-refractivity contribution in [1.82, 2.24) is 4.98 Å². The van der Waals surface area contributed by atoms with Crippen LogP contribution in [0, 0.1) is 0 Å². The molecule has 0 amide bonds. The summed E-state index contributed by atoms with van der Waals surface area (Å²) in [4.78, 5) is 2.84. The number of aromatic nitrogens is 1. The Balaban J connectivity index is 1.86. The molecule has 0 unspecified atom stereocenters. The maximum absolute atomic E-state index is 12.8. The van der Waals surface area contributed by atoms with E-state index in [1.54, 1.807) is 12.1 Å². The minimum atomic E-state index is -7.79. The fraction of sp³-hybridized carbons (Fsp3) is 0.353. The van der Waals surface area contributed by atoms with Crippen molar-refractivity contribution in [2.75, 3.05) is 0 Å². The molecular formula is C17H20BF4NO3S. The number of halogens is 4. The van der Waals surface area contributed by atoms with E-state index in [0.29, 0.717) is 17.6 Å². The summed E-state index contributed by atoms with van der Waals surface area (Å²) < 4.78 is 68.9. The third-order valence-corrected chi connectivity index (χ3v) is 5.83. The Bertz CT molecular complexity index is 830. The van der Waals surface area contributed by atoms with Crippen LogP contribution >= 0.6 is 10.7 Å². The highest BCUT2D eigenvalue weighted by Crippen LogP contribution is 2.81. The molecule has 10 heteroatoms. The van der Waals surface area contributed by atoms with Gasteiger partial charge in [-0.05, 0) is 58.0 Å². The largest absolute Gasteiger partial charge is 0.500 e. The molecular weight excluding hydrogens is 385 g/mol. The van der Waals surface area contributed by atoms with E-state index in [1.807, 2.05) is 27.7 Å². The molecule has 1 fully saturated rings. The maximum Gasteiger partial charge on any atom is 0.500 e.